The first-order valence-corrected chi connectivity index (χ1v) is 17.5. The maximum atomic E-state index is 3.06. The van der Waals surface area contributed by atoms with Crippen molar-refractivity contribution in [3.63, 3.8) is 0 Å². The fraction of sp³-hybridized carbons (Fsp3) is 0.158. The van der Waals surface area contributed by atoms with E-state index in [1.165, 1.54) is 83.8 Å². The van der Waals surface area contributed by atoms with E-state index in [-0.39, 0.29) is 39.7 Å². The van der Waals surface area contributed by atoms with Crippen molar-refractivity contribution in [2.45, 2.75) is 40.0 Å². The van der Waals surface area contributed by atoms with Gasteiger partial charge in [-0.1, -0.05) is 118 Å². The van der Waals surface area contributed by atoms with Gasteiger partial charge in [-0.25, -0.2) is 0 Å². The standard InChI is InChI=1S/2C18H17.2CH3.2ClH.Si.Zr/c1-13(2)16-11-15-9-6-10-17(18(15)12-16)14-7-4-3-5-8-14;1-3-14-9-10-16(15-7-5-4-6-8-15)18-12-13(2)11-17(14)18;;;;;;/h3-13H,1-2H3;4-12H,3H2,1-2H3;2*1H3;2*1H;;/q4*-1;;;;. The summed E-state index contributed by atoms with van der Waals surface area (Å²) in [4.78, 5) is 0. The van der Waals surface area contributed by atoms with E-state index in [4.69, 9.17) is 0 Å². The molecule has 0 nitrogen and oxygen atoms in total. The average Bonchev–Trinajstić information content (AvgIpc) is 3.58. The molecule has 6 aromatic rings. The molecular formula is C38H42Cl2SiZr-4. The Morgan fingerprint density at radius 2 is 1.21 bits per heavy atom. The van der Waals surface area contributed by atoms with Gasteiger partial charge in [0, 0.05) is 0 Å². The van der Waals surface area contributed by atoms with Crippen molar-refractivity contribution >= 4 is 53.2 Å². The van der Waals surface area contributed by atoms with Crippen molar-refractivity contribution < 1.29 is 23.3 Å². The Morgan fingerprint density at radius 3 is 1.74 bits per heavy atom. The van der Waals surface area contributed by atoms with Gasteiger partial charge in [-0.3, -0.25) is 0 Å². The molecule has 0 spiro atoms. The van der Waals surface area contributed by atoms with Crippen LogP contribution >= 0.6 is 24.8 Å². The molecule has 0 unspecified atom stereocenters. The normalized spacial score (nSPS) is 9.62. The molecule has 0 aliphatic carbocycles. The summed E-state index contributed by atoms with van der Waals surface area (Å²) in [5, 5.41) is 5.52. The molecule has 0 heterocycles. The second-order valence-corrected chi connectivity index (χ2v) is 9.97. The molecule has 0 atom stereocenters. The van der Waals surface area contributed by atoms with Gasteiger partial charge in [-0.05, 0) is 17.0 Å². The van der Waals surface area contributed by atoms with Crippen LogP contribution in [0.25, 0.3) is 43.8 Å². The van der Waals surface area contributed by atoms with Gasteiger partial charge in [0.05, 0.1) is 0 Å². The summed E-state index contributed by atoms with van der Waals surface area (Å²) in [7, 11) is 0. The van der Waals surface area contributed by atoms with Crippen molar-refractivity contribution in [2.75, 3.05) is 0 Å². The Labute approximate surface area is 283 Å². The number of aryl methyl sites for hydroxylation is 2. The van der Waals surface area contributed by atoms with E-state index in [1.54, 1.807) is 0 Å². The topological polar surface area (TPSA) is 0 Å². The van der Waals surface area contributed by atoms with Crippen molar-refractivity contribution in [3.05, 3.63) is 147 Å². The zero-order chi connectivity index (χ0) is 27.1. The van der Waals surface area contributed by atoms with E-state index in [0.29, 0.717) is 5.92 Å². The van der Waals surface area contributed by atoms with Gasteiger partial charge >= 0.3 is 30.2 Å². The van der Waals surface area contributed by atoms with E-state index in [0.717, 1.165) is 6.42 Å². The predicted molar refractivity (Wildman–Crippen MR) is 191 cm³/mol. The van der Waals surface area contributed by atoms with Crippen LogP contribution in [0.1, 0.15) is 43.4 Å². The molecule has 0 aromatic heterocycles. The van der Waals surface area contributed by atoms with Crippen LogP contribution in [0.2, 0.25) is 0 Å². The Hall–Kier alpha value is -2.22. The number of benzene rings is 4. The first kappa shape index (κ1) is 39.8. The van der Waals surface area contributed by atoms with Crippen LogP contribution in [-0.4, -0.2) is 6.88 Å². The first-order valence-electron chi connectivity index (χ1n) is 13.3. The molecule has 6 rings (SSSR count). The summed E-state index contributed by atoms with van der Waals surface area (Å²) in [6.07, 6.45) is 1.09. The summed E-state index contributed by atoms with van der Waals surface area (Å²) >= 11 is 1.36. The minimum atomic E-state index is 0. The number of fused-ring (bicyclic) bond motifs is 2. The summed E-state index contributed by atoms with van der Waals surface area (Å²) in [6, 6.07) is 41.6. The van der Waals surface area contributed by atoms with Gasteiger partial charge in [0.25, 0.3) is 0 Å². The van der Waals surface area contributed by atoms with Crippen LogP contribution in [0.15, 0.2) is 115 Å². The summed E-state index contributed by atoms with van der Waals surface area (Å²) in [5.74, 6) is 0.584. The molecular weight excluding hydrogens is 647 g/mol. The number of halogens is 2. The van der Waals surface area contributed by atoms with Crippen molar-refractivity contribution in [1.82, 2.24) is 0 Å². The van der Waals surface area contributed by atoms with Crippen LogP contribution in [-0.2, 0) is 29.8 Å². The molecule has 0 aliphatic heterocycles. The second-order valence-electron chi connectivity index (χ2n) is 9.97. The molecule has 2 radical (unpaired) electrons. The fourth-order valence-electron chi connectivity index (χ4n) is 5.14. The number of hydrogen-bond donors (Lipinski definition) is 0. The third-order valence-corrected chi connectivity index (χ3v) is 7.11. The van der Waals surface area contributed by atoms with Crippen LogP contribution in [0.5, 0.6) is 0 Å². The molecule has 4 heteroatoms. The molecule has 0 amide bonds. The third-order valence-electron chi connectivity index (χ3n) is 7.11. The Bertz CT molecular complexity index is 1620. The molecule has 0 fully saturated rings. The van der Waals surface area contributed by atoms with Gasteiger partial charge in [-0.15, -0.1) is 93.4 Å². The zero-order valence-electron chi connectivity index (χ0n) is 25.6. The molecule has 0 saturated heterocycles. The van der Waals surface area contributed by atoms with Crippen molar-refractivity contribution in [2.24, 2.45) is 0 Å². The van der Waals surface area contributed by atoms with E-state index in [9.17, 15) is 0 Å². The van der Waals surface area contributed by atoms with Crippen molar-refractivity contribution in [3.8, 4) is 22.3 Å². The fourth-order valence-corrected chi connectivity index (χ4v) is 5.14. The monoisotopic (exact) mass is 686 g/mol. The quantitative estimate of drug-likeness (QED) is 0.128. The molecule has 0 saturated carbocycles. The Kier molecular flexibility index (Phi) is 18.1. The predicted octanol–water partition coefficient (Wildman–Crippen LogP) is 11.8. The van der Waals surface area contributed by atoms with Gasteiger partial charge in [-0.2, -0.15) is 12.1 Å². The van der Waals surface area contributed by atoms with Crippen LogP contribution in [0.4, 0.5) is 0 Å². The van der Waals surface area contributed by atoms with E-state index < -0.39 is 0 Å². The Morgan fingerprint density at radius 1 is 0.667 bits per heavy atom. The molecule has 42 heavy (non-hydrogen) atoms. The van der Waals surface area contributed by atoms with Crippen LogP contribution in [0, 0.1) is 21.8 Å². The second kappa shape index (κ2) is 19.1. The molecule has 0 aliphatic rings. The third kappa shape index (κ3) is 9.14. The number of hydrogen-bond acceptors (Lipinski definition) is 0. The van der Waals surface area contributed by atoms with Gasteiger partial charge in [0.1, 0.15) is 0 Å². The summed E-state index contributed by atoms with van der Waals surface area (Å²) in [6.45, 7) is 12.0. The van der Waals surface area contributed by atoms with Gasteiger partial charge < -0.3 is 14.9 Å². The summed E-state index contributed by atoms with van der Waals surface area (Å²) < 4.78 is 0. The van der Waals surface area contributed by atoms with E-state index >= 15 is 0 Å². The minimum absolute atomic E-state index is 0. The average molecular weight is 689 g/mol. The zero-order valence-corrected chi connectivity index (χ0v) is 30.7. The SMILES string of the molecule is CC(C)c1cc2c(-c3ccccc3)cccc2[cH-]1.CCc1ccc(-c2ccccc2)c2cc(C)[cH-]c12.Cl.Cl.[CH3-].[CH3-].[Si]=[Zr]. The number of rotatable bonds is 4. The van der Waals surface area contributed by atoms with Gasteiger partial charge in [0.2, 0.25) is 0 Å². The molecule has 6 aromatic carbocycles. The van der Waals surface area contributed by atoms with E-state index in [2.05, 4.69) is 150 Å². The Balaban J connectivity index is 0.000000694. The first-order chi connectivity index (χ1) is 18.5. The molecule has 0 N–H and O–H groups in total. The summed E-state index contributed by atoms with van der Waals surface area (Å²) in [5.41, 5.74) is 9.49. The molecule has 0 bridgehead atoms. The molecule has 220 valence electrons. The van der Waals surface area contributed by atoms with Gasteiger partial charge in [0.15, 0.2) is 0 Å². The van der Waals surface area contributed by atoms with Crippen LogP contribution < -0.4 is 0 Å². The van der Waals surface area contributed by atoms with Crippen LogP contribution in [0.3, 0.4) is 0 Å². The van der Waals surface area contributed by atoms with E-state index in [1.807, 2.05) is 0 Å². The maximum absolute atomic E-state index is 3.06. The van der Waals surface area contributed by atoms with Crippen molar-refractivity contribution in [1.29, 1.82) is 0 Å².